The molecule has 0 radical (unpaired) electrons. The van der Waals surface area contributed by atoms with E-state index in [0.29, 0.717) is 5.95 Å². The molecule has 0 amide bonds. The molecule has 0 bridgehead atoms. The topological polar surface area (TPSA) is 62.7 Å². The molecule has 0 aliphatic heterocycles. The third-order valence-corrected chi connectivity index (χ3v) is 2.95. The van der Waals surface area contributed by atoms with Crippen LogP contribution in [-0.2, 0) is 6.42 Å². The zero-order chi connectivity index (χ0) is 16.2. The Labute approximate surface area is 132 Å². The number of aromatic nitrogens is 3. The minimum absolute atomic E-state index is 0.00271. The van der Waals surface area contributed by atoms with Gasteiger partial charge in [-0.15, -0.1) is 0 Å². The largest absolute Gasteiger partial charge is 0.365 e. The Morgan fingerprint density at radius 2 is 1.59 bits per heavy atom. The molecule has 0 unspecified atom stereocenters. The van der Waals surface area contributed by atoms with Gasteiger partial charge in [0.15, 0.2) is 0 Å². The second-order valence-electron chi connectivity index (χ2n) is 7.15. The molecule has 0 fully saturated rings. The SMILES string of the molecule is CC(C)(C)Nc1cccc(CC(C)(C)Nc2ncccn2)n1. The van der Waals surface area contributed by atoms with Crippen LogP contribution in [0, 0.1) is 0 Å². The van der Waals surface area contributed by atoms with Gasteiger partial charge in [0.25, 0.3) is 0 Å². The fourth-order valence-corrected chi connectivity index (χ4v) is 2.20. The molecule has 0 spiro atoms. The van der Waals surface area contributed by atoms with Crippen molar-refractivity contribution >= 4 is 11.8 Å². The first kappa shape index (κ1) is 16.2. The molecule has 2 heterocycles. The third kappa shape index (κ3) is 5.31. The van der Waals surface area contributed by atoms with E-state index in [9.17, 15) is 0 Å². The van der Waals surface area contributed by atoms with Gasteiger partial charge < -0.3 is 10.6 Å². The van der Waals surface area contributed by atoms with Crippen molar-refractivity contribution in [2.24, 2.45) is 0 Å². The number of rotatable bonds is 5. The van der Waals surface area contributed by atoms with Crippen LogP contribution in [0.3, 0.4) is 0 Å². The summed E-state index contributed by atoms with van der Waals surface area (Å²) in [5.74, 6) is 1.54. The van der Waals surface area contributed by atoms with Crippen LogP contribution in [0.4, 0.5) is 11.8 Å². The first-order valence-corrected chi connectivity index (χ1v) is 7.53. The second kappa shape index (κ2) is 6.30. The Morgan fingerprint density at radius 3 is 2.23 bits per heavy atom. The molecule has 22 heavy (non-hydrogen) atoms. The molecule has 0 aliphatic carbocycles. The molecule has 2 rings (SSSR count). The van der Waals surface area contributed by atoms with Gasteiger partial charge in [-0.25, -0.2) is 15.0 Å². The monoisotopic (exact) mass is 299 g/mol. The molecular weight excluding hydrogens is 274 g/mol. The second-order valence-corrected chi connectivity index (χ2v) is 7.15. The van der Waals surface area contributed by atoms with Gasteiger partial charge in [-0.2, -0.15) is 0 Å². The van der Waals surface area contributed by atoms with Gasteiger partial charge in [-0.1, -0.05) is 6.07 Å². The molecular formula is C17H25N5. The van der Waals surface area contributed by atoms with E-state index in [4.69, 9.17) is 4.98 Å². The van der Waals surface area contributed by atoms with Crippen LogP contribution in [0.2, 0.25) is 0 Å². The Bertz CT molecular complexity index is 602. The normalized spacial score (nSPS) is 12.0. The zero-order valence-corrected chi connectivity index (χ0v) is 14.0. The van der Waals surface area contributed by atoms with Gasteiger partial charge in [0, 0.05) is 35.6 Å². The van der Waals surface area contributed by atoms with Crippen molar-refractivity contribution in [3.8, 4) is 0 Å². The van der Waals surface area contributed by atoms with E-state index in [-0.39, 0.29) is 11.1 Å². The summed E-state index contributed by atoms with van der Waals surface area (Å²) in [4.78, 5) is 13.1. The number of nitrogens with one attached hydrogen (secondary N) is 2. The fraction of sp³-hybridized carbons (Fsp3) is 0.471. The maximum atomic E-state index is 4.69. The lowest BCUT2D eigenvalue weighted by molar-refractivity contribution is 0.550. The number of pyridine rings is 1. The van der Waals surface area contributed by atoms with Crippen molar-refractivity contribution < 1.29 is 0 Å². The first-order valence-electron chi connectivity index (χ1n) is 7.53. The Hall–Kier alpha value is -2.17. The molecule has 2 aromatic heterocycles. The standard InChI is InChI=1S/C17H25N5/c1-16(2,3)21-14-9-6-8-13(20-14)12-17(4,5)22-15-18-10-7-11-19-15/h6-11H,12H2,1-5H3,(H,20,21)(H,18,19,22). The molecule has 118 valence electrons. The Balaban J connectivity index is 2.07. The molecule has 0 atom stereocenters. The third-order valence-electron chi connectivity index (χ3n) is 2.95. The van der Waals surface area contributed by atoms with E-state index in [1.807, 2.05) is 18.2 Å². The van der Waals surface area contributed by atoms with Crippen LogP contribution < -0.4 is 10.6 Å². The smallest absolute Gasteiger partial charge is 0.223 e. The maximum absolute atomic E-state index is 4.69. The van der Waals surface area contributed by atoms with Crippen LogP contribution in [-0.4, -0.2) is 26.0 Å². The lowest BCUT2D eigenvalue weighted by Gasteiger charge is -2.26. The van der Waals surface area contributed by atoms with E-state index >= 15 is 0 Å². The highest BCUT2D eigenvalue weighted by Gasteiger charge is 2.20. The molecule has 5 nitrogen and oxygen atoms in total. The summed E-state index contributed by atoms with van der Waals surface area (Å²) >= 11 is 0. The number of nitrogens with zero attached hydrogens (tertiary/aromatic N) is 3. The Morgan fingerprint density at radius 1 is 0.909 bits per heavy atom. The summed E-state index contributed by atoms with van der Waals surface area (Å²) < 4.78 is 0. The predicted molar refractivity (Wildman–Crippen MR) is 91.1 cm³/mol. The molecule has 0 aromatic carbocycles. The van der Waals surface area contributed by atoms with E-state index in [1.54, 1.807) is 18.5 Å². The lowest BCUT2D eigenvalue weighted by atomic mass is 9.98. The van der Waals surface area contributed by atoms with Gasteiger partial charge in [0.1, 0.15) is 5.82 Å². The summed E-state index contributed by atoms with van der Waals surface area (Å²) in [6, 6.07) is 7.88. The number of anilines is 2. The van der Waals surface area contributed by atoms with Crippen LogP contribution in [0.25, 0.3) is 0 Å². The maximum Gasteiger partial charge on any atom is 0.223 e. The molecule has 2 aromatic rings. The van der Waals surface area contributed by atoms with Crippen molar-refractivity contribution in [2.45, 2.75) is 52.1 Å². The van der Waals surface area contributed by atoms with E-state index in [2.05, 4.69) is 55.2 Å². The Kier molecular flexibility index (Phi) is 4.64. The summed E-state index contributed by atoms with van der Waals surface area (Å²) in [6.07, 6.45) is 4.25. The minimum Gasteiger partial charge on any atom is -0.365 e. The van der Waals surface area contributed by atoms with E-state index in [1.165, 1.54) is 0 Å². The van der Waals surface area contributed by atoms with E-state index < -0.39 is 0 Å². The average molecular weight is 299 g/mol. The van der Waals surface area contributed by atoms with Crippen molar-refractivity contribution in [3.05, 3.63) is 42.4 Å². The van der Waals surface area contributed by atoms with Gasteiger partial charge in [-0.3, -0.25) is 0 Å². The van der Waals surface area contributed by atoms with Gasteiger partial charge >= 0.3 is 0 Å². The lowest BCUT2D eigenvalue weighted by Crippen LogP contribution is -2.34. The van der Waals surface area contributed by atoms with Crippen LogP contribution in [0.15, 0.2) is 36.7 Å². The first-order chi connectivity index (χ1) is 10.2. The van der Waals surface area contributed by atoms with Gasteiger partial charge in [-0.05, 0) is 52.8 Å². The molecule has 0 aliphatic rings. The van der Waals surface area contributed by atoms with Crippen molar-refractivity contribution in [2.75, 3.05) is 10.6 Å². The molecule has 0 saturated heterocycles. The fourth-order valence-electron chi connectivity index (χ4n) is 2.20. The van der Waals surface area contributed by atoms with E-state index in [0.717, 1.165) is 17.9 Å². The number of hydrogen-bond donors (Lipinski definition) is 2. The van der Waals surface area contributed by atoms with Gasteiger partial charge in [0.2, 0.25) is 5.95 Å². The summed E-state index contributed by atoms with van der Waals surface area (Å²) in [5, 5.41) is 6.75. The summed E-state index contributed by atoms with van der Waals surface area (Å²) in [5.41, 5.74) is 0.842. The van der Waals surface area contributed by atoms with Crippen LogP contribution in [0.1, 0.15) is 40.3 Å². The highest BCUT2D eigenvalue weighted by atomic mass is 15.1. The number of hydrogen-bond acceptors (Lipinski definition) is 5. The highest BCUT2D eigenvalue weighted by Crippen LogP contribution is 2.18. The highest BCUT2D eigenvalue weighted by molar-refractivity contribution is 5.38. The van der Waals surface area contributed by atoms with Crippen molar-refractivity contribution in [1.29, 1.82) is 0 Å². The van der Waals surface area contributed by atoms with Gasteiger partial charge in [0.05, 0.1) is 0 Å². The summed E-state index contributed by atoms with van der Waals surface area (Å²) in [7, 11) is 0. The molecule has 5 heteroatoms. The van der Waals surface area contributed by atoms with Crippen molar-refractivity contribution in [3.63, 3.8) is 0 Å². The quantitative estimate of drug-likeness (QED) is 0.884. The minimum atomic E-state index is -0.186. The molecule has 2 N–H and O–H groups in total. The predicted octanol–water partition coefficient (Wildman–Crippen LogP) is 3.52. The molecule has 0 saturated carbocycles. The zero-order valence-electron chi connectivity index (χ0n) is 14.0. The average Bonchev–Trinajstić information content (AvgIpc) is 2.36. The summed E-state index contributed by atoms with van der Waals surface area (Å²) in [6.45, 7) is 10.6. The van der Waals surface area contributed by atoms with Crippen LogP contribution >= 0.6 is 0 Å². The van der Waals surface area contributed by atoms with Crippen LogP contribution in [0.5, 0.6) is 0 Å². The van der Waals surface area contributed by atoms with Crippen molar-refractivity contribution in [1.82, 2.24) is 15.0 Å².